The molecular weight excluding hydrogens is 344 g/mol. The number of aryl methyl sites for hydroxylation is 1. The predicted octanol–water partition coefficient (Wildman–Crippen LogP) is 2.62. The molecule has 0 saturated heterocycles. The zero-order valence-electron chi connectivity index (χ0n) is 14.5. The summed E-state index contributed by atoms with van der Waals surface area (Å²) in [6.45, 7) is 5.75. The molecule has 1 amide bonds. The molecule has 10 heteroatoms. The minimum Gasteiger partial charge on any atom is -0.458 e. The van der Waals surface area contributed by atoms with Gasteiger partial charge in [-0.2, -0.15) is 5.10 Å². The van der Waals surface area contributed by atoms with Crippen LogP contribution in [-0.2, 0) is 16.1 Å². The van der Waals surface area contributed by atoms with E-state index in [0.29, 0.717) is 6.54 Å². The van der Waals surface area contributed by atoms with Crippen molar-refractivity contribution < 1.29 is 23.7 Å². The van der Waals surface area contributed by atoms with E-state index < -0.39 is 22.7 Å². The van der Waals surface area contributed by atoms with E-state index in [1.54, 1.807) is 13.8 Å². The summed E-state index contributed by atoms with van der Waals surface area (Å²) < 4.78 is 11.5. The third kappa shape index (κ3) is 4.79. The Morgan fingerprint density at radius 3 is 2.77 bits per heavy atom. The number of aromatic nitrogens is 2. The number of nitrogens with one attached hydrogen (secondary N) is 1. The Morgan fingerprint density at radius 1 is 1.46 bits per heavy atom. The second-order valence-electron chi connectivity index (χ2n) is 5.46. The number of nitrogens with zero attached hydrogens (tertiary/aromatic N) is 3. The van der Waals surface area contributed by atoms with Crippen molar-refractivity contribution in [2.45, 2.75) is 33.4 Å². The largest absolute Gasteiger partial charge is 0.458 e. The van der Waals surface area contributed by atoms with E-state index in [9.17, 15) is 19.7 Å². The zero-order chi connectivity index (χ0) is 19.3. The zero-order valence-corrected chi connectivity index (χ0v) is 14.5. The fraction of sp³-hybridized carbons (Fsp3) is 0.312. The fourth-order valence-electron chi connectivity index (χ4n) is 1.96. The van der Waals surface area contributed by atoms with Crippen molar-refractivity contribution in [3.8, 4) is 0 Å². The van der Waals surface area contributed by atoms with Gasteiger partial charge in [-0.15, -0.1) is 0 Å². The van der Waals surface area contributed by atoms with Gasteiger partial charge in [0.05, 0.1) is 17.9 Å². The lowest BCUT2D eigenvalue weighted by atomic mass is 10.3. The average Bonchev–Trinajstić information content (AvgIpc) is 3.19. The molecule has 0 fully saturated rings. The van der Waals surface area contributed by atoms with E-state index >= 15 is 0 Å². The summed E-state index contributed by atoms with van der Waals surface area (Å²) in [6.07, 6.45) is 3.59. The summed E-state index contributed by atoms with van der Waals surface area (Å²) in [6, 6.07) is 2.55. The Balaban J connectivity index is 2.12. The minimum absolute atomic E-state index is 0.00376. The number of rotatable bonds is 7. The van der Waals surface area contributed by atoms with Crippen molar-refractivity contribution in [1.29, 1.82) is 0 Å². The molecule has 2 rings (SSSR count). The van der Waals surface area contributed by atoms with Gasteiger partial charge >= 0.3 is 11.9 Å². The molecule has 2 heterocycles. The van der Waals surface area contributed by atoms with Crippen molar-refractivity contribution in [2.24, 2.45) is 0 Å². The first-order valence-electron chi connectivity index (χ1n) is 7.81. The summed E-state index contributed by atoms with van der Waals surface area (Å²) in [5, 5.41) is 17.2. The molecule has 0 spiro atoms. The van der Waals surface area contributed by atoms with Gasteiger partial charge in [0, 0.05) is 18.8 Å². The van der Waals surface area contributed by atoms with Gasteiger partial charge < -0.3 is 14.5 Å². The van der Waals surface area contributed by atoms with Gasteiger partial charge in [-0.1, -0.05) is 0 Å². The van der Waals surface area contributed by atoms with Crippen LogP contribution >= 0.6 is 0 Å². The maximum Gasteiger partial charge on any atom is 0.433 e. The van der Waals surface area contributed by atoms with E-state index in [1.165, 1.54) is 29.1 Å². The molecule has 10 nitrogen and oxygen atoms in total. The highest BCUT2D eigenvalue weighted by Crippen LogP contribution is 2.18. The van der Waals surface area contributed by atoms with Crippen LogP contribution in [0.5, 0.6) is 0 Å². The molecule has 0 bridgehead atoms. The molecule has 0 aromatic carbocycles. The summed E-state index contributed by atoms with van der Waals surface area (Å²) in [7, 11) is 0. The molecule has 138 valence electrons. The van der Waals surface area contributed by atoms with E-state index in [2.05, 4.69) is 10.4 Å². The van der Waals surface area contributed by atoms with E-state index in [4.69, 9.17) is 9.15 Å². The number of carbonyl (C=O) groups excluding carboxylic acids is 2. The van der Waals surface area contributed by atoms with Gasteiger partial charge in [-0.3, -0.25) is 19.6 Å². The Bertz CT molecular complexity index is 849. The van der Waals surface area contributed by atoms with Crippen LogP contribution < -0.4 is 5.32 Å². The Morgan fingerprint density at radius 2 is 2.19 bits per heavy atom. The standard InChI is InChI=1S/C16H18N4O6/c1-4-19-9-12(15(18-19)16(22)25-10(2)3)17-13(21)7-5-11-6-8-14(26-11)20(23)24/h5-10H,4H2,1-3H3,(H,17,21)/b7-5+. The van der Waals surface area contributed by atoms with Crippen LogP contribution in [0.4, 0.5) is 11.6 Å². The Hall–Kier alpha value is -3.43. The maximum atomic E-state index is 12.1. The van der Waals surface area contributed by atoms with Crippen LogP contribution in [0.25, 0.3) is 6.08 Å². The fourth-order valence-corrected chi connectivity index (χ4v) is 1.96. The third-order valence-electron chi connectivity index (χ3n) is 3.07. The quantitative estimate of drug-likeness (QED) is 0.347. The highest BCUT2D eigenvalue weighted by Gasteiger charge is 2.20. The average molecular weight is 362 g/mol. The van der Waals surface area contributed by atoms with Crippen molar-refractivity contribution in [3.05, 3.63) is 46.0 Å². The summed E-state index contributed by atoms with van der Waals surface area (Å²) in [5.74, 6) is -1.48. The van der Waals surface area contributed by atoms with Crippen LogP contribution in [-0.4, -0.2) is 32.7 Å². The second-order valence-corrected chi connectivity index (χ2v) is 5.46. The van der Waals surface area contributed by atoms with E-state index in [1.807, 2.05) is 6.92 Å². The van der Waals surface area contributed by atoms with Gasteiger partial charge in [0.2, 0.25) is 5.91 Å². The van der Waals surface area contributed by atoms with Crippen LogP contribution in [0, 0.1) is 10.1 Å². The van der Waals surface area contributed by atoms with Crippen LogP contribution in [0.3, 0.4) is 0 Å². The van der Waals surface area contributed by atoms with E-state index in [-0.39, 0.29) is 23.2 Å². The minimum atomic E-state index is -0.677. The number of nitro groups is 1. The van der Waals surface area contributed by atoms with Crippen LogP contribution in [0.2, 0.25) is 0 Å². The molecule has 0 unspecified atom stereocenters. The molecule has 26 heavy (non-hydrogen) atoms. The van der Waals surface area contributed by atoms with Crippen molar-refractivity contribution in [2.75, 3.05) is 5.32 Å². The van der Waals surface area contributed by atoms with Crippen molar-refractivity contribution in [3.63, 3.8) is 0 Å². The molecule has 2 aromatic rings. The molecule has 0 aliphatic carbocycles. The van der Waals surface area contributed by atoms with Gasteiger partial charge in [0.15, 0.2) is 5.69 Å². The number of furan rings is 1. The molecule has 2 aromatic heterocycles. The van der Waals surface area contributed by atoms with Gasteiger partial charge in [-0.25, -0.2) is 4.79 Å². The third-order valence-corrected chi connectivity index (χ3v) is 3.07. The number of amides is 1. The highest BCUT2D eigenvalue weighted by atomic mass is 16.6. The molecular formula is C16H18N4O6. The summed E-state index contributed by atoms with van der Waals surface area (Å²) in [5.41, 5.74) is 0.202. The first kappa shape index (κ1) is 18.9. The normalized spacial score (nSPS) is 11.1. The molecule has 0 aliphatic heterocycles. The Labute approximate surface area is 148 Å². The maximum absolute atomic E-state index is 12.1. The topological polar surface area (TPSA) is 130 Å². The predicted molar refractivity (Wildman–Crippen MR) is 91.5 cm³/mol. The molecule has 1 N–H and O–H groups in total. The molecule has 0 aliphatic rings. The highest BCUT2D eigenvalue weighted by molar-refractivity contribution is 6.05. The number of hydrogen-bond acceptors (Lipinski definition) is 7. The van der Waals surface area contributed by atoms with Crippen molar-refractivity contribution in [1.82, 2.24) is 9.78 Å². The summed E-state index contributed by atoms with van der Waals surface area (Å²) >= 11 is 0. The monoisotopic (exact) mass is 362 g/mol. The lowest BCUT2D eigenvalue weighted by Gasteiger charge is -2.07. The number of hydrogen-bond donors (Lipinski definition) is 1. The first-order chi connectivity index (χ1) is 12.3. The summed E-state index contributed by atoms with van der Waals surface area (Å²) in [4.78, 5) is 34.0. The first-order valence-corrected chi connectivity index (χ1v) is 7.81. The number of esters is 1. The second kappa shape index (κ2) is 8.10. The lowest BCUT2D eigenvalue weighted by Crippen LogP contribution is -2.16. The SMILES string of the molecule is CCn1cc(NC(=O)/C=C/c2ccc([N+](=O)[O-])o2)c(C(=O)OC(C)C)n1. The van der Waals surface area contributed by atoms with Gasteiger partial charge in [0.25, 0.3) is 0 Å². The van der Waals surface area contributed by atoms with Crippen molar-refractivity contribution >= 4 is 29.5 Å². The van der Waals surface area contributed by atoms with Gasteiger partial charge in [-0.05, 0) is 32.9 Å². The van der Waals surface area contributed by atoms with Crippen LogP contribution in [0.1, 0.15) is 37.0 Å². The lowest BCUT2D eigenvalue weighted by molar-refractivity contribution is -0.402. The Kier molecular flexibility index (Phi) is 5.89. The van der Waals surface area contributed by atoms with Gasteiger partial charge in [0.1, 0.15) is 10.7 Å². The number of anilines is 1. The smallest absolute Gasteiger partial charge is 0.433 e. The molecule has 0 saturated carbocycles. The van der Waals surface area contributed by atoms with Crippen LogP contribution in [0.15, 0.2) is 28.8 Å². The van der Waals surface area contributed by atoms with E-state index in [0.717, 1.165) is 6.08 Å². The molecule has 0 atom stereocenters. The number of carbonyl (C=O) groups is 2. The molecule has 0 radical (unpaired) electrons. The number of ether oxygens (including phenoxy) is 1.